The molecule has 0 saturated heterocycles. The van der Waals surface area contributed by atoms with Crippen molar-refractivity contribution in [2.75, 3.05) is 11.4 Å². The molecule has 0 unspecified atom stereocenters. The van der Waals surface area contributed by atoms with E-state index in [0.29, 0.717) is 17.8 Å². The molecule has 0 aliphatic carbocycles. The number of para-hydroxylation sites is 1. The van der Waals surface area contributed by atoms with Crippen LogP contribution in [0.3, 0.4) is 0 Å². The summed E-state index contributed by atoms with van der Waals surface area (Å²) >= 11 is 0. The zero-order valence-electron chi connectivity index (χ0n) is 8.68. The van der Waals surface area contributed by atoms with Crippen molar-refractivity contribution in [1.82, 2.24) is 0 Å². The first-order chi connectivity index (χ1) is 7.68. The van der Waals surface area contributed by atoms with Crippen LogP contribution in [-0.2, 0) is 4.79 Å². The average molecular weight is 216 g/mol. The lowest BCUT2D eigenvalue weighted by atomic mass is 10.1. The van der Waals surface area contributed by atoms with Crippen LogP contribution in [0.2, 0.25) is 0 Å². The summed E-state index contributed by atoms with van der Waals surface area (Å²) in [6, 6.07) is 9.40. The van der Waals surface area contributed by atoms with Gasteiger partial charge in [0.05, 0.1) is 12.1 Å². The lowest BCUT2D eigenvalue weighted by Gasteiger charge is -2.28. The molecule has 2 rings (SSSR count). The van der Waals surface area contributed by atoms with Gasteiger partial charge in [-0.05, 0) is 12.1 Å². The lowest BCUT2D eigenvalue weighted by molar-refractivity contribution is -0.132. The van der Waals surface area contributed by atoms with Gasteiger partial charge in [-0.15, -0.1) is 0 Å². The van der Waals surface area contributed by atoms with Crippen LogP contribution in [0.1, 0.15) is 6.42 Å². The molecule has 0 saturated carbocycles. The Morgan fingerprint density at radius 3 is 2.62 bits per heavy atom. The van der Waals surface area contributed by atoms with Gasteiger partial charge in [0, 0.05) is 12.1 Å². The summed E-state index contributed by atoms with van der Waals surface area (Å²) in [4.78, 5) is 12.6. The second kappa shape index (κ2) is 4.18. The van der Waals surface area contributed by atoms with E-state index in [1.54, 1.807) is 11.0 Å². The van der Waals surface area contributed by atoms with Gasteiger partial charge in [-0.25, -0.2) is 4.79 Å². The number of hydrogen-bond acceptors (Lipinski definition) is 2. The molecule has 2 N–H and O–H groups in total. The van der Waals surface area contributed by atoms with Gasteiger partial charge in [-0.3, -0.25) is 5.41 Å². The predicted molar refractivity (Wildman–Crippen MR) is 61.9 cm³/mol. The number of anilines is 1. The number of amidine groups is 1. The second-order valence-corrected chi connectivity index (χ2v) is 3.61. The topological polar surface area (TPSA) is 64.4 Å². The van der Waals surface area contributed by atoms with E-state index in [1.807, 2.05) is 30.3 Å². The maximum Gasteiger partial charge on any atom is 0.333 e. The molecule has 0 bridgehead atoms. The van der Waals surface area contributed by atoms with E-state index < -0.39 is 5.97 Å². The molecule has 1 aliphatic rings. The third-order valence-electron chi connectivity index (χ3n) is 2.54. The molecule has 0 aromatic heterocycles. The van der Waals surface area contributed by atoms with Crippen molar-refractivity contribution in [2.45, 2.75) is 6.42 Å². The maximum atomic E-state index is 10.9. The minimum atomic E-state index is -0.909. The Kier molecular flexibility index (Phi) is 2.72. The minimum Gasteiger partial charge on any atom is -0.478 e. The van der Waals surface area contributed by atoms with Gasteiger partial charge in [0.25, 0.3) is 0 Å². The van der Waals surface area contributed by atoms with Crippen LogP contribution < -0.4 is 4.90 Å². The first-order valence-corrected chi connectivity index (χ1v) is 5.01. The SMILES string of the molecule is N=C1CC=C(C(=O)O)CN1c1ccccc1. The molecule has 4 nitrogen and oxygen atoms in total. The third-order valence-corrected chi connectivity index (χ3v) is 2.54. The number of nitrogens with one attached hydrogen (secondary N) is 1. The average Bonchev–Trinajstić information content (AvgIpc) is 2.30. The summed E-state index contributed by atoms with van der Waals surface area (Å²) in [5.41, 5.74) is 1.21. The molecule has 1 aliphatic heterocycles. The van der Waals surface area contributed by atoms with E-state index in [4.69, 9.17) is 10.5 Å². The standard InChI is InChI=1S/C12H12N2O2/c13-11-7-6-9(12(15)16)8-14(11)10-4-2-1-3-5-10/h1-6,13H,7-8H2,(H,15,16). The Bertz CT molecular complexity index is 451. The van der Waals surface area contributed by atoms with Crippen LogP contribution in [0, 0.1) is 5.41 Å². The Morgan fingerprint density at radius 2 is 2.00 bits per heavy atom. The van der Waals surface area contributed by atoms with Crippen LogP contribution in [0.25, 0.3) is 0 Å². The van der Waals surface area contributed by atoms with Crippen molar-refractivity contribution in [1.29, 1.82) is 5.41 Å². The summed E-state index contributed by atoms with van der Waals surface area (Å²) in [6.45, 7) is 0.262. The van der Waals surface area contributed by atoms with Gasteiger partial charge >= 0.3 is 5.97 Å². The molecule has 0 amide bonds. The Labute approximate surface area is 93.3 Å². The van der Waals surface area contributed by atoms with E-state index in [2.05, 4.69) is 0 Å². The number of carbonyl (C=O) groups is 1. The number of nitrogens with zero attached hydrogens (tertiary/aromatic N) is 1. The quantitative estimate of drug-likeness (QED) is 0.793. The molecule has 4 heteroatoms. The maximum absolute atomic E-state index is 10.9. The highest BCUT2D eigenvalue weighted by Crippen LogP contribution is 2.20. The van der Waals surface area contributed by atoms with Gasteiger partial charge in [0.1, 0.15) is 5.84 Å². The highest BCUT2D eigenvalue weighted by Gasteiger charge is 2.21. The lowest BCUT2D eigenvalue weighted by Crippen LogP contribution is -2.36. The van der Waals surface area contributed by atoms with Crippen molar-refractivity contribution < 1.29 is 9.90 Å². The number of aliphatic carboxylic acids is 1. The van der Waals surface area contributed by atoms with E-state index >= 15 is 0 Å². The minimum absolute atomic E-state index is 0.262. The van der Waals surface area contributed by atoms with Gasteiger partial charge in [-0.2, -0.15) is 0 Å². The molecule has 0 atom stereocenters. The highest BCUT2D eigenvalue weighted by molar-refractivity contribution is 6.02. The second-order valence-electron chi connectivity index (χ2n) is 3.61. The Hall–Kier alpha value is -2.10. The summed E-state index contributed by atoms with van der Waals surface area (Å²) in [5.74, 6) is -0.482. The van der Waals surface area contributed by atoms with E-state index in [0.717, 1.165) is 5.69 Å². The molecule has 82 valence electrons. The number of carboxylic acids is 1. The molecule has 16 heavy (non-hydrogen) atoms. The van der Waals surface area contributed by atoms with E-state index in [9.17, 15) is 4.79 Å². The molecule has 0 radical (unpaired) electrons. The Balaban J connectivity index is 2.27. The molecule has 1 aromatic carbocycles. The predicted octanol–water partition coefficient (Wildman–Crippen LogP) is 1.88. The van der Waals surface area contributed by atoms with Crippen molar-refractivity contribution in [2.24, 2.45) is 0 Å². The fourth-order valence-corrected chi connectivity index (χ4v) is 1.67. The van der Waals surface area contributed by atoms with Crippen LogP contribution in [0.15, 0.2) is 42.0 Å². The highest BCUT2D eigenvalue weighted by atomic mass is 16.4. The van der Waals surface area contributed by atoms with Gasteiger partial charge < -0.3 is 10.0 Å². The summed E-state index contributed by atoms with van der Waals surface area (Å²) in [5, 5.41) is 16.7. The number of benzene rings is 1. The first-order valence-electron chi connectivity index (χ1n) is 5.01. The summed E-state index contributed by atoms with van der Waals surface area (Å²) in [6.07, 6.45) is 1.97. The molecule has 1 aromatic rings. The van der Waals surface area contributed by atoms with Gasteiger partial charge in [0.2, 0.25) is 0 Å². The summed E-state index contributed by atoms with van der Waals surface area (Å²) < 4.78 is 0. The fraction of sp³-hybridized carbons (Fsp3) is 0.167. The number of carboxylic acid groups (broad SMARTS) is 1. The normalized spacial score (nSPS) is 15.9. The third kappa shape index (κ3) is 1.95. The molecular formula is C12H12N2O2. The van der Waals surface area contributed by atoms with Crippen LogP contribution in [-0.4, -0.2) is 23.5 Å². The van der Waals surface area contributed by atoms with Gasteiger partial charge in [0.15, 0.2) is 0 Å². The van der Waals surface area contributed by atoms with Crippen molar-refractivity contribution >= 4 is 17.5 Å². The van der Waals surface area contributed by atoms with Crippen molar-refractivity contribution in [3.63, 3.8) is 0 Å². The molecule has 1 heterocycles. The van der Waals surface area contributed by atoms with Crippen LogP contribution in [0.5, 0.6) is 0 Å². The molecule has 0 fully saturated rings. The van der Waals surface area contributed by atoms with Crippen LogP contribution in [0.4, 0.5) is 5.69 Å². The number of rotatable bonds is 2. The van der Waals surface area contributed by atoms with E-state index in [-0.39, 0.29) is 6.54 Å². The zero-order chi connectivity index (χ0) is 11.5. The number of hydrogen-bond donors (Lipinski definition) is 2. The van der Waals surface area contributed by atoms with E-state index in [1.165, 1.54) is 0 Å². The first kappa shape index (κ1) is 10.4. The van der Waals surface area contributed by atoms with Gasteiger partial charge in [-0.1, -0.05) is 24.3 Å². The monoisotopic (exact) mass is 216 g/mol. The molecular weight excluding hydrogens is 204 g/mol. The smallest absolute Gasteiger partial charge is 0.333 e. The van der Waals surface area contributed by atoms with Crippen LogP contribution >= 0.6 is 0 Å². The van der Waals surface area contributed by atoms with Crippen molar-refractivity contribution in [3.8, 4) is 0 Å². The fourth-order valence-electron chi connectivity index (χ4n) is 1.67. The van der Waals surface area contributed by atoms with Crippen molar-refractivity contribution in [3.05, 3.63) is 42.0 Å². The Morgan fingerprint density at radius 1 is 1.31 bits per heavy atom. The molecule has 0 spiro atoms. The largest absolute Gasteiger partial charge is 0.478 e. The summed E-state index contributed by atoms with van der Waals surface area (Å²) in [7, 11) is 0. The zero-order valence-corrected chi connectivity index (χ0v) is 8.68.